The average Bonchev–Trinajstić information content (AvgIpc) is 2.90. The molecule has 0 saturated carbocycles. The minimum atomic E-state index is -0.494. The lowest BCUT2D eigenvalue weighted by Gasteiger charge is -2.45. The predicted octanol–water partition coefficient (Wildman–Crippen LogP) is 4.56. The Balaban J connectivity index is 1.70. The topological polar surface area (TPSA) is 71.1 Å². The van der Waals surface area contributed by atoms with Gasteiger partial charge in [-0.2, -0.15) is 0 Å². The third-order valence-electron chi connectivity index (χ3n) is 7.27. The van der Waals surface area contributed by atoms with E-state index in [9.17, 15) is 9.59 Å². The van der Waals surface area contributed by atoms with Crippen molar-refractivity contribution in [3.8, 4) is 11.5 Å². The van der Waals surface area contributed by atoms with Gasteiger partial charge in [-0.25, -0.2) is 0 Å². The lowest BCUT2D eigenvalue weighted by Crippen LogP contribution is -2.50. The molecule has 0 fully saturated rings. The molecule has 2 aromatic carbocycles. The fourth-order valence-corrected chi connectivity index (χ4v) is 5.77. The lowest BCUT2D eigenvalue weighted by atomic mass is 9.75. The Morgan fingerprint density at radius 3 is 2.32 bits per heavy atom. The van der Waals surface area contributed by atoms with E-state index in [4.69, 9.17) is 9.47 Å². The fourth-order valence-electron chi connectivity index (χ4n) is 5.77. The lowest BCUT2D eigenvalue weighted by molar-refractivity contribution is -0.124. The van der Waals surface area contributed by atoms with E-state index < -0.39 is 5.92 Å². The first-order chi connectivity index (χ1) is 18.0. The summed E-state index contributed by atoms with van der Waals surface area (Å²) in [5.41, 5.74) is 3.50. The van der Waals surface area contributed by atoms with Gasteiger partial charge in [0.25, 0.3) is 5.91 Å². The first-order valence-corrected chi connectivity index (χ1v) is 13.9. The Morgan fingerprint density at radius 1 is 0.973 bits per heavy atom. The molecule has 4 rings (SSSR count). The van der Waals surface area contributed by atoms with Gasteiger partial charge in [0.05, 0.1) is 25.2 Å². The Morgan fingerprint density at radius 2 is 1.65 bits per heavy atom. The van der Waals surface area contributed by atoms with Crippen LogP contribution in [0, 0.1) is 0 Å². The quantitative estimate of drug-likeness (QED) is 0.456. The standard InChI is InChI=1S/C30H41N3O4/c1-5-15-32(16-6-2)18-14-31-29(34)27-22-11-9-10-12-23(22)30(35)33-17-13-21-19-25(36-7-3)26(37-8-4)20-24(21)28(27)33/h9-12,19-20,27-28H,5-8,13-18H2,1-4H3,(H,31,34)/t27-,28+/m1/s1. The van der Waals surface area contributed by atoms with Crippen LogP contribution in [0.4, 0.5) is 0 Å². The minimum absolute atomic E-state index is 0.0146. The van der Waals surface area contributed by atoms with Crippen molar-refractivity contribution in [2.75, 3.05) is 45.9 Å². The highest BCUT2D eigenvalue weighted by Crippen LogP contribution is 2.48. The van der Waals surface area contributed by atoms with Crippen molar-refractivity contribution in [1.29, 1.82) is 0 Å². The van der Waals surface area contributed by atoms with E-state index in [0.717, 1.165) is 49.2 Å². The molecule has 7 nitrogen and oxygen atoms in total. The van der Waals surface area contributed by atoms with Crippen LogP contribution < -0.4 is 14.8 Å². The molecule has 0 aromatic heterocycles. The number of nitrogens with zero attached hydrogens (tertiary/aromatic N) is 2. The third kappa shape index (κ3) is 5.61. The Kier molecular flexibility index (Phi) is 9.09. The zero-order chi connectivity index (χ0) is 26.4. The summed E-state index contributed by atoms with van der Waals surface area (Å²) >= 11 is 0. The van der Waals surface area contributed by atoms with Gasteiger partial charge in [0.2, 0.25) is 5.91 Å². The second kappa shape index (κ2) is 12.5. The number of ether oxygens (including phenoxy) is 2. The summed E-state index contributed by atoms with van der Waals surface area (Å²) in [6.45, 7) is 13.3. The van der Waals surface area contributed by atoms with E-state index in [2.05, 4.69) is 24.1 Å². The van der Waals surface area contributed by atoms with Crippen LogP contribution in [0.5, 0.6) is 11.5 Å². The number of carbonyl (C=O) groups excluding carboxylic acids is 2. The van der Waals surface area contributed by atoms with Crippen molar-refractivity contribution in [1.82, 2.24) is 15.1 Å². The average molecular weight is 508 g/mol. The molecule has 2 amide bonds. The highest BCUT2D eigenvalue weighted by Gasteiger charge is 2.46. The number of carbonyl (C=O) groups is 2. The van der Waals surface area contributed by atoms with E-state index in [0.29, 0.717) is 49.8 Å². The van der Waals surface area contributed by atoms with Crippen LogP contribution in [-0.2, 0) is 11.2 Å². The number of hydrogen-bond acceptors (Lipinski definition) is 5. The molecule has 0 unspecified atom stereocenters. The first-order valence-electron chi connectivity index (χ1n) is 13.9. The molecule has 2 aliphatic rings. The zero-order valence-corrected chi connectivity index (χ0v) is 22.7. The van der Waals surface area contributed by atoms with Gasteiger partial charge in [-0.1, -0.05) is 32.0 Å². The summed E-state index contributed by atoms with van der Waals surface area (Å²) < 4.78 is 11.8. The summed E-state index contributed by atoms with van der Waals surface area (Å²) in [7, 11) is 0. The van der Waals surface area contributed by atoms with Crippen molar-refractivity contribution in [3.63, 3.8) is 0 Å². The predicted molar refractivity (Wildman–Crippen MR) is 145 cm³/mol. The van der Waals surface area contributed by atoms with Gasteiger partial charge in [0, 0.05) is 25.2 Å². The van der Waals surface area contributed by atoms with Gasteiger partial charge in [-0.05, 0) is 81.1 Å². The van der Waals surface area contributed by atoms with E-state index in [1.165, 1.54) is 0 Å². The van der Waals surface area contributed by atoms with Crippen LogP contribution in [0.2, 0.25) is 0 Å². The normalized spacial score (nSPS) is 18.2. The van der Waals surface area contributed by atoms with Gasteiger partial charge >= 0.3 is 0 Å². The van der Waals surface area contributed by atoms with Crippen molar-refractivity contribution >= 4 is 11.8 Å². The summed E-state index contributed by atoms with van der Waals surface area (Å²) in [6.07, 6.45) is 2.89. The van der Waals surface area contributed by atoms with Gasteiger partial charge in [-0.3, -0.25) is 9.59 Å². The molecule has 0 saturated heterocycles. The van der Waals surface area contributed by atoms with Gasteiger partial charge in [-0.15, -0.1) is 0 Å². The van der Waals surface area contributed by atoms with Crippen LogP contribution in [0.25, 0.3) is 0 Å². The minimum Gasteiger partial charge on any atom is -0.490 e. The van der Waals surface area contributed by atoms with E-state index >= 15 is 0 Å². The van der Waals surface area contributed by atoms with Crippen LogP contribution >= 0.6 is 0 Å². The Labute approximate surface area is 221 Å². The van der Waals surface area contributed by atoms with Crippen molar-refractivity contribution in [2.45, 2.75) is 58.9 Å². The third-order valence-corrected chi connectivity index (χ3v) is 7.27. The molecule has 2 aromatic rings. The molecule has 0 radical (unpaired) electrons. The SMILES string of the molecule is CCCN(CCC)CCNC(=O)[C@@H]1c2ccccc2C(=O)N2CCc3cc(OCC)c(OCC)cc3[C@@H]12. The second-order valence-corrected chi connectivity index (χ2v) is 9.75. The smallest absolute Gasteiger partial charge is 0.254 e. The monoisotopic (exact) mass is 507 g/mol. The molecule has 0 bridgehead atoms. The number of nitrogens with one attached hydrogen (secondary N) is 1. The van der Waals surface area contributed by atoms with Crippen LogP contribution in [0.15, 0.2) is 36.4 Å². The van der Waals surface area contributed by atoms with Crippen molar-refractivity contribution < 1.29 is 19.1 Å². The molecule has 7 heteroatoms. The molecule has 2 heterocycles. The van der Waals surface area contributed by atoms with Gasteiger partial charge in [0.15, 0.2) is 11.5 Å². The fraction of sp³-hybridized carbons (Fsp3) is 0.533. The summed E-state index contributed by atoms with van der Waals surface area (Å²) in [5, 5.41) is 3.22. The summed E-state index contributed by atoms with van der Waals surface area (Å²) in [5.74, 6) is 0.824. The largest absolute Gasteiger partial charge is 0.490 e. The number of rotatable bonds is 12. The van der Waals surface area contributed by atoms with Crippen LogP contribution in [0.3, 0.4) is 0 Å². The Hall–Kier alpha value is -3.06. The van der Waals surface area contributed by atoms with Crippen molar-refractivity contribution in [2.24, 2.45) is 0 Å². The molecular weight excluding hydrogens is 466 g/mol. The van der Waals surface area contributed by atoms with Crippen molar-refractivity contribution in [3.05, 3.63) is 58.7 Å². The number of hydrogen-bond donors (Lipinski definition) is 1. The maximum atomic E-state index is 13.9. The van der Waals surface area contributed by atoms with Gasteiger partial charge < -0.3 is 24.6 Å². The first kappa shape index (κ1) is 27.0. The van der Waals surface area contributed by atoms with E-state index in [1.807, 2.05) is 55.1 Å². The second-order valence-electron chi connectivity index (χ2n) is 9.75. The molecule has 1 N–H and O–H groups in total. The molecular formula is C30H41N3O4. The highest BCUT2D eigenvalue weighted by atomic mass is 16.5. The molecule has 0 aliphatic carbocycles. The molecule has 200 valence electrons. The molecule has 0 spiro atoms. The maximum absolute atomic E-state index is 13.9. The molecule has 37 heavy (non-hydrogen) atoms. The molecule has 2 atom stereocenters. The number of amides is 2. The summed E-state index contributed by atoms with van der Waals surface area (Å²) in [4.78, 5) is 31.7. The van der Waals surface area contributed by atoms with E-state index in [-0.39, 0.29) is 17.9 Å². The Bertz CT molecular complexity index is 1100. The zero-order valence-electron chi connectivity index (χ0n) is 22.7. The van der Waals surface area contributed by atoms with E-state index in [1.54, 1.807) is 0 Å². The molecule has 2 aliphatic heterocycles. The van der Waals surface area contributed by atoms with Crippen LogP contribution in [0.1, 0.15) is 79.5 Å². The van der Waals surface area contributed by atoms with Gasteiger partial charge in [0.1, 0.15) is 0 Å². The highest BCUT2D eigenvalue weighted by molar-refractivity contribution is 6.01. The number of fused-ring (bicyclic) bond motifs is 4. The maximum Gasteiger partial charge on any atom is 0.254 e. The summed E-state index contributed by atoms with van der Waals surface area (Å²) in [6, 6.07) is 11.2. The van der Waals surface area contributed by atoms with Crippen LogP contribution in [-0.4, -0.2) is 67.6 Å². The number of benzene rings is 2.